The van der Waals surface area contributed by atoms with Gasteiger partial charge in [-0.2, -0.15) is 0 Å². The summed E-state index contributed by atoms with van der Waals surface area (Å²) in [7, 11) is 0. The molecule has 3 aliphatic rings. The molecule has 23 heavy (non-hydrogen) atoms. The van der Waals surface area contributed by atoms with Gasteiger partial charge in [0.25, 0.3) is 0 Å². The van der Waals surface area contributed by atoms with Gasteiger partial charge in [-0.25, -0.2) is 0 Å². The number of rotatable bonds is 3. The summed E-state index contributed by atoms with van der Waals surface area (Å²) in [4.78, 5) is 13.8. The maximum Gasteiger partial charge on any atom is 0.314 e. The van der Waals surface area contributed by atoms with Crippen molar-refractivity contribution in [1.29, 1.82) is 0 Å². The van der Waals surface area contributed by atoms with E-state index in [-0.39, 0.29) is 16.9 Å². The zero-order chi connectivity index (χ0) is 16.4. The first kappa shape index (κ1) is 14.9. The highest BCUT2D eigenvalue weighted by atomic mass is 16.6. The molecule has 5 nitrogen and oxygen atoms in total. The second-order valence-corrected chi connectivity index (χ2v) is 7.89. The molecule has 124 valence electrons. The average molecular weight is 316 g/mol. The van der Waals surface area contributed by atoms with Crippen molar-refractivity contribution >= 4 is 5.69 Å². The van der Waals surface area contributed by atoms with Crippen LogP contribution < -0.4 is 0 Å². The van der Waals surface area contributed by atoms with Crippen LogP contribution in [-0.2, 0) is 11.8 Å². The SMILES string of the molecule is C[C@H]1C2Cc3ccc(O)c([N+](=O)[O-])c3[C@@]1(C)CCN2CC1CC1. The Morgan fingerprint density at radius 3 is 2.83 bits per heavy atom. The topological polar surface area (TPSA) is 66.6 Å². The zero-order valence-corrected chi connectivity index (χ0v) is 13.8. The predicted octanol–water partition coefficient (Wildman–Crippen LogP) is 3.23. The number of nitrogens with zero attached hydrogens (tertiary/aromatic N) is 2. The van der Waals surface area contributed by atoms with E-state index >= 15 is 0 Å². The number of phenolic OH excluding ortho intramolecular Hbond substituents is 1. The van der Waals surface area contributed by atoms with Gasteiger partial charge in [0.05, 0.1) is 4.92 Å². The number of nitro groups is 1. The number of fused-ring (bicyclic) bond motifs is 4. The first-order valence-corrected chi connectivity index (χ1v) is 8.65. The summed E-state index contributed by atoms with van der Waals surface area (Å²) in [5.41, 5.74) is 1.56. The van der Waals surface area contributed by atoms with Gasteiger partial charge in [-0.05, 0) is 55.7 Å². The van der Waals surface area contributed by atoms with E-state index in [1.54, 1.807) is 0 Å². The van der Waals surface area contributed by atoms with Crippen LogP contribution >= 0.6 is 0 Å². The molecule has 1 aromatic carbocycles. The zero-order valence-electron chi connectivity index (χ0n) is 13.8. The molecule has 1 aromatic rings. The van der Waals surface area contributed by atoms with Crippen LogP contribution in [0.3, 0.4) is 0 Å². The van der Waals surface area contributed by atoms with Crippen molar-refractivity contribution in [3.8, 4) is 5.75 Å². The molecule has 1 N–H and O–H groups in total. The summed E-state index contributed by atoms with van der Waals surface area (Å²) in [5, 5.41) is 21.6. The van der Waals surface area contributed by atoms with Crippen molar-refractivity contribution in [2.75, 3.05) is 13.1 Å². The van der Waals surface area contributed by atoms with Crippen LogP contribution in [0.4, 0.5) is 5.69 Å². The fraction of sp³-hybridized carbons (Fsp3) is 0.667. The van der Waals surface area contributed by atoms with E-state index in [0.29, 0.717) is 12.0 Å². The van der Waals surface area contributed by atoms with Gasteiger partial charge in [0.2, 0.25) is 0 Å². The molecule has 2 fully saturated rings. The Kier molecular flexibility index (Phi) is 3.21. The second kappa shape index (κ2) is 4.94. The predicted molar refractivity (Wildman–Crippen MR) is 87.7 cm³/mol. The minimum Gasteiger partial charge on any atom is -0.502 e. The van der Waals surface area contributed by atoms with E-state index in [1.807, 2.05) is 6.07 Å². The molecule has 3 atom stereocenters. The molecule has 1 aliphatic heterocycles. The van der Waals surface area contributed by atoms with Crippen LogP contribution in [0.2, 0.25) is 0 Å². The Labute approximate surface area is 136 Å². The molecule has 0 radical (unpaired) electrons. The number of likely N-dealkylation sites (tertiary alicyclic amines) is 1. The average Bonchev–Trinajstić information content (AvgIpc) is 3.30. The lowest BCUT2D eigenvalue weighted by molar-refractivity contribution is -0.387. The third kappa shape index (κ3) is 2.17. The molecule has 2 bridgehead atoms. The molecule has 1 heterocycles. The van der Waals surface area contributed by atoms with Gasteiger partial charge in [0, 0.05) is 23.6 Å². The number of benzene rings is 1. The molecule has 0 amide bonds. The van der Waals surface area contributed by atoms with Gasteiger partial charge in [-0.3, -0.25) is 15.0 Å². The van der Waals surface area contributed by atoms with Crippen LogP contribution in [0.15, 0.2) is 12.1 Å². The summed E-state index contributed by atoms with van der Waals surface area (Å²) >= 11 is 0. The fourth-order valence-electron chi connectivity index (χ4n) is 4.87. The third-order valence-electron chi connectivity index (χ3n) is 6.58. The lowest BCUT2D eigenvalue weighted by Crippen LogP contribution is -2.58. The largest absolute Gasteiger partial charge is 0.502 e. The number of nitro benzene ring substituents is 1. The summed E-state index contributed by atoms with van der Waals surface area (Å²) in [6.07, 6.45) is 4.49. The Morgan fingerprint density at radius 1 is 1.43 bits per heavy atom. The van der Waals surface area contributed by atoms with E-state index in [2.05, 4.69) is 18.7 Å². The first-order chi connectivity index (χ1) is 10.9. The van der Waals surface area contributed by atoms with E-state index in [1.165, 1.54) is 25.5 Å². The fourth-order valence-corrected chi connectivity index (χ4v) is 4.87. The molecule has 2 aliphatic carbocycles. The summed E-state index contributed by atoms with van der Waals surface area (Å²) in [6.45, 7) is 6.58. The van der Waals surface area contributed by atoms with Gasteiger partial charge in [-0.1, -0.05) is 19.9 Å². The Morgan fingerprint density at radius 2 is 2.17 bits per heavy atom. The second-order valence-electron chi connectivity index (χ2n) is 7.89. The van der Waals surface area contributed by atoms with Crippen molar-refractivity contribution in [2.45, 2.75) is 51.0 Å². The standard InChI is InChI=1S/C18H24N2O3/c1-11-14-9-13-5-6-15(21)17(20(22)23)16(13)18(11,2)7-8-19(14)10-12-3-4-12/h5-6,11-12,14,21H,3-4,7-10H2,1-2H3/t11-,14?,18-/m0/s1. The quantitative estimate of drug-likeness (QED) is 0.687. The Balaban J connectivity index is 1.80. The molecule has 0 spiro atoms. The highest BCUT2D eigenvalue weighted by Crippen LogP contribution is 2.53. The van der Waals surface area contributed by atoms with Gasteiger partial charge >= 0.3 is 5.69 Å². The normalized spacial score (nSPS) is 33.3. The van der Waals surface area contributed by atoms with Gasteiger partial charge in [0.15, 0.2) is 5.75 Å². The van der Waals surface area contributed by atoms with Crippen molar-refractivity contribution in [3.63, 3.8) is 0 Å². The number of phenols is 1. The van der Waals surface area contributed by atoms with Crippen LogP contribution in [-0.4, -0.2) is 34.1 Å². The van der Waals surface area contributed by atoms with Gasteiger partial charge in [0.1, 0.15) is 0 Å². The number of piperidine rings is 1. The van der Waals surface area contributed by atoms with Gasteiger partial charge in [-0.15, -0.1) is 0 Å². The number of hydrogen-bond acceptors (Lipinski definition) is 4. The molecule has 1 saturated carbocycles. The molecule has 1 saturated heterocycles. The maximum absolute atomic E-state index is 11.6. The Hall–Kier alpha value is -1.62. The van der Waals surface area contributed by atoms with E-state index < -0.39 is 4.92 Å². The molecular weight excluding hydrogens is 292 g/mol. The van der Waals surface area contributed by atoms with Crippen molar-refractivity contribution in [2.24, 2.45) is 11.8 Å². The molecule has 1 unspecified atom stereocenters. The summed E-state index contributed by atoms with van der Waals surface area (Å²) < 4.78 is 0. The van der Waals surface area contributed by atoms with Crippen LogP contribution in [0.25, 0.3) is 0 Å². The first-order valence-electron chi connectivity index (χ1n) is 8.65. The molecular formula is C18H24N2O3. The summed E-state index contributed by atoms with van der Waals surface area (Å²) in [5.74, 6) is 1.03. The molecule has 0 aromatic heterocycles. The van der Waals surface area contributed by atoms with Crippen molar-refractivity contribution in [3.05, 3.63) is 33.4 Å². The van der Waals surface area contributed by atoms with E-state index in [0.717, 1.165) is 36.4 Å². The smallest absolute Gasteiger partial charge is 0.314 e. The lowest BCUT2D eigenvalue weighted by Gasteiger charge is -2.54. The van der Waals surface area contributed by atoms with Crippen LogP contribution in [0.1, 0.15) is 44.2 Å². The monoisotopic (exact) mass is 316 g/mol. The van der Waals surface area contributed by atoms with Gasteiger partial charge < -0.3 is 5.11 Å². The Bertz CT molecular complexity index is 670. The van der Waals surface area contributed by atoms with Crippen molar-refractivity contribution in [1.82, 2.24) is 4.90 Å². The summed E-state index contributed by atoms with van der Waals surface area (Å²) in [6, 6.07) is 3.86. The van der Waals surface area contributed by atoms with E-state index in [4.69, 9.17) is 0 Å². The number of hydrogen-bond donors (Lipinski definition) is 1. The van der Waals surface area contributed by atoms with E-state index in [9.17, 15) is 15.2 Å². The van der Waals surface area contributed by atoms with Crippen LogP contribution in [0.5, 0.6) is 5.75 Å². The number of aromatic hydroxyl groups is 1. The minimum absolute atomic E-state index is 0.0639. The highest BCUT2D eigenvalue weighted by Gasteiger charge is 2.52. The third-order valence-corrected chi connectivity index (χ3v) is 6.58. The highest BCUT2D eigenvalue weighted by molar-refractivity contribution is 5.60. The molecule has 5 heteroatoms. The minimum atomic E-state index is -0.400. The molecule has 4 rings (SSSR count). The maximum atomic E-state index is 11.6. The van der Waals surface area contributed by atoms with Crippen molar-refractivity contribution < 1.29 is 10.0 Å². The van der Waals surface area contributed by atoms with Crippen LogP contribution in [0, 0.1) is 22.0 Å². The lowest BCUT2D eigenvalue weighted by atomic mass is 9.58.